The Morgan fingerprint density at radius 3 is 2.31 bits per heavy atom. The van der Waals surface area contributed by atoms with Crippen molar-refractivity contribution in [2.24, 2.45) is 0 Å². The molecular formula is C21H24ClNO3. The summed E-state index contributed by atoms with van der Waals surface area (Å²) in [6, 6.07) is 15.1. The van der Waals surface area contributed by atoms with Crippen LogP contribution in [0.4, 0.5) is 5.69 Å². The van der Waals surface area contributed by atoms with Crippen molar-refractivity contribution in [2.75, 3.05) is 25.6 Å². The highest BCUT2D eigenvalue weighted by atomic mass is 35.5. The van der Waals surface area contributed by atoms with E-state index in [9.17, 15) is 4.79 Å². The normalized spacial score (nSPS) is 15.6. The van der Waals surface area contributed by atoms with E-state index >= 15 is 0 Å². The van der Waals surface area contributed by atoms with Gasteiger partial charge in [0.1, 0.15) is 12.4 Å². The zero-order chi connectivity index (χ0) is 18.4. The van der Waals surface area contributed by atoms with Gasteiger partial charge in [0.15, 0.2) is 0 Å². The molecule has 5 heteroatoms. The van der Waals surface area contributed by atoms with E-state index in [4.69, 9.17) is 21.1 Å². The molecule has 0 atom stereocenters. The second kappa shape index (κ2) is 8.56. The van der Waals surface area contributed by atoms with Gasteiger partial charge in [-0.15, -0.1) is 0 Å². The average Bonchev–Trinajstić information content (AvgIpc) is 3.15. The number of hydrogen-bond donors (Lipinski definition) is 1. The lowest BCUT2D eigenvalue weighted by atomic mass is 9.78. The van der Waals surface area contributed by atoms with Crippen LogP contribution >= 0.6 is 11.6 Å². The van der Waals surface area contributed by atoms with Gasteiger partial charge in [-0.25, -0.2) is 0 Å². The molecule has 1 saturated carbocycles. The van der Waals surface area contributed by atoms with E-state index in [0.717, 1.165) is 42.7 Å². The van der Waals surface area contributed by atoms with Crippen LogP contribution in [0.3, 0.4) is 0 Å². The third-order valence-corrected chi connectivity index (χ3v) is 5.21. The molecule has 2 aromatic rings. The number of amides is 1. The fourth-order valence-corrected chi connectivity index (χ4v) is 3.65. The summed E-state index contributed by atoms with van der Waals surface area (Å²) in [4.78, 5) is 13.1. The van der Waals surface area contributed by atoms with Crippen LogP contribution in [0, 0.1) is 0 Å². The monoisotopic (exact) mass is 373 g/mol. The lowest BCUT2D eigenvalue weighted by Crippen LogP contribution is -2.37. The van der Waals surface area contributed by atoms with Crippen molar-refractivity contribution in [3.8, 4) is 5.75 Å². The molecular weight excluding hydrogens is 350 g/mol. The van der Waals surface area contributed by atoms with Gasteiger partial charge in [0.25, 0.3) is 0 Å². The van der Waals surface area contributed by atoms with Crippen LogP contribution in [0.15, 0.2) is 48.5 Å². The molecule has 0 aromatic heterocycles. The van der Waals surface area contributed by atoms with Gasteiger partial charge in [-0.1, -0.05) is 36.6 Å². The lowest BCUT2D eigenvalue weighted by molar-refractivity contribution is -0.121. The van der Waals surface area contributed by atoms with Crippen molar-refractivity contribution >= 4 is 23.2 Å². The second-order valence-electron chi connectivity index (χ2n) is 6.62. The van der Waals surface area contributed by atoms with Crippen molar-refractivity contribution in [2.45, 2.75) is 31.1 Å². The summed E-state index contributed by atoms with van der Waals surface area (Å²) in [6.07, 6.45) is 3.84. The Labute approximate surface area is 159 Å². The number of nitrogens with one attached hydrogen (secondary N) is 1. The van der Waals surface area contributed by atoms with E-state index in [1.807, 2.05) is 48.5 Å². The smallest absolute Gasteiger partial charge is 0.235 e. The van der Waals surface area contributed by atoms with Crippen molar-refractivity contribution in [3.63, 3.8) is 0 Å². The molecule has 0 aliphatic heterocycles. The van der Waals surface area contributed by atoms with Gasteiger partial charge in [-0.05, 0) is 54.8 Å². The van der Waals surface area contributed by atoms with E-state index in [1.165, 1.54) is 0 Å². The standard InChI is InChI=1S/C21H24ClNO3/c1-25-14-15-26-19-10-8-18(9-11-19)23-20(24)21(12-2-3-13-21)16-4-6-17(22)7-5-16/h4-11H,2-3,12-15H2,1H3,(H,23,24). The number of halogens is 1. The summed E-state index contributed by atoms with van der Waals surface area (Å²) in [5.41, 5.74) is 1.34. The fourth-order valence-electron chi connectivity index (χ4n) is 3.52. The van der Waals surface area contributed by atoms with Gasteiger partial charge in [0, 0.05) is 17.8 Å². The first kappa shape index (κ1) is 18.7. The summed E-state index contributed by atoms with van der Waals surface area (Å²) >= 11 is 6.01. The molecule has 0 unspecified atom stereocenters. The third kappa shape index (κ3) is 4.19. The average molecular weight is 374 g/mol. The zero-order valence-electron chi connectivity index (χ0n) is 15.0. The van der Waals surface area contributed by atoms with Crippen LogP contribution in [0.2, 0.25) is 5.02 Å². The minimum atomic E-state index is -0.474. The van der Waals surface area contributed by atoms with E-state index in [1.54, 1.807) is 7.11 Å². The van der Waals surface area contributed by atoms with Crippen molar-refractivity contribution in [3.05, 3.63) is 59.1 Å². The molecule has 1 N–H and O–H groups in total. The Balaban J connectivity index is 1.71. The second-order valence-corrected chi connectivity index (χ2v) is 7.05. The minimum Gasteiger partial charge on any atom is -0.491 e. The molecule has 3 rings (SSSR count). The summed E-state index contributed by atoms with van der Waals surface area (Å²) in [7, 11) is 1.64. The molecule has 0 saturated heterocycles. The molecule has 138 valence electrons. The van der Waals surface area contributed by atoms with Crippen molar-refractivity contribution in [1.29, 1.82) is 0 Å². The van der Waals surface area contributed by atoms with Gasteiger partial charge >= 0.3 is 0 Å². The topological polar surface area (TPSA) is 47.6 Å². The number of ether oxygens (including phenoxy) is 2. The number of hydrogen-bond acceptors (Lipinski definition) is 3. The van der Waals surface area contributed by atoms with Crippen LogP contribution in [0.5, 0.6) is 5.75 Å². The molecule has 1 amide bonds. The van der Waals surface area contributed by atoms with E-state index in [2.05, 4.69) is 5.32 Å². The van der Waals surface area contributed by atoms with Crippen LogP contribution < -0.4 is 10.1 Å². The Hall–Kier alpha value is -2.04. The predicted octanol–water partition coefficient (Wildman–Crippen LogP) is 4.82. The van der Waals surface area contributed by atoms with Crippen LogP contribution in [-0.4, -0.2) is 26.2 Å². The van der Waals surface area contributed by atoms with Gasteiger partial charge in [0.05, 0.1) is 12.0 Å². The number of carbonyl (C=O) groups is 1. The number of anilines is 1. The predicted molar refractivity (Wildman–Crippen MR) is 104 cm³/mol. The van der Waals surface area contributed by atoms with Gasteiger partial charge in [-0.3, -0.25) is 4.79 Å². The molecule has 1 fully saturated rings. The number of carbonyl (C=O) groups excluding carboxylic acids is 1. The minimum absolute atomic E-state index is 0.0466. The van der Waals surface area contributed by atoms with Crippen molar-refractivity contribution in [1.82, 2.24) is 0 Å². The van der Waals surface area contributed by atoms with E-state index < -0.39 is 5.41 Å². The molecule has 2 aromatic carbocycles. The van der Waals surface area contributed by atoms with E-state index in [0.29, 0.717) is 18.2 Å². The molecule has 0 radical (unpaired) electrons. The maximum absolute atomic E-state index is 13.1. The highest BCUT2D eigenvalue weighted by Gasteiger charge is 2.42. The number of benzene rings is 2. The Morgan fingerprint density at radius 2 is 1.69 bits per heavy atom. The molecule has 1 aliphatic rings. The first-order chi connectivity index (χ1) is 12.6. The number of rotatable bonds is 7. The van der Waals surface area contributed by atoms with Crippen LogP contribution in [0.1, 0.15) is 31.2 Å². The van der Waals surface area contributed by atoms with E-state index in [-0.39, 0.29) is 5.91 Å². The highest BCUT2D eigenvalue weighted by Crippen LogP contribution is 2.42. The zero-order valence-corrected chi connectivity index (χ0v) is 15.7. The fraction of sp³-hybridized carbons (Fsp3) is 0.381. The van der Waals surface area contributed by atoms with Gasteiger partial charge in [0.2, 0.25) is 5.91 Å². The lowest BCUT2D eigenvalue weighted by Gasteiger charge is -2.28. The quantitative estimate of drug-likeness (QED) is 0.708. The molecule has 26 heavy (non-hydrogen) atoms. The molecule has 0 heterocycles. The summed E-state index contributed by atoms with van der Waals surface area (Å²) in [5.74, 6) is 0.804. The first-order valence-electron chi connectivity index (χ1n) is 8.93. The summed E-state index contributed by atoms with van der Waals surface area (Å²) in [6.45, 7) is 1.05. The largest absolute Gasteiger partial charge is 0.491 e. The van der Waals surface area contributed by atoms with Crippen LogP contribution in [0.25, 0.3) is 0 Å². The summed E-state index contributed by atoms with van der Waals surface area (Å²) < 4.78 is 10.5. The van der Waals surface area contributed by atoms with Crippen LogP contribution in [-0.2, 0) is 14.9 Å². The van der Waals surface area contributed by atoms with Gasteiger partial charge in [-0.2, -0.15) is 0 Å². The first-order valence-corrected chi connectivity index (χ1v) is 9.31. The Bertz CT molecular complexity index is 722. The molecule has 0 spiro atoms. The number of methoxy groups -OCH3 is 1. The van der Waals surface area contributed by atoms with Gasteiger partial charge < -0.3 is 14.8 Å². The third-order valence-electron chi connectivity index (χ3n) is 4.96. The molecule has 4 nitrogen and oxygen atoms in total. The maximum Gasteiger partial charge on any atom is 0.235 e. The molecule has 1 aliphatic carbocycles. The Morgan fingerprint density at radius 1 is 1.04 bits per heavy atom. The molecule has 0 bridgehead atoms. The SMILES string of the molecule is COCCOc1ccc(NC(=O)C2(c3ccc(Cl)cc3)CCCC2)cc1. The maximum atomic E-state index is 13.1. The van der Waals surface area contributed by atoms with Crippen molar-refractivity contribution < 1.29 is 14.3 Å². The highest BCUT2D eigenvalue weighted by molar-refractivity contribution is 6.30. The summed E-state index contributed by atoms with van der Waals surface area (Å²) in [5, 5.41) is 3.77. The Kier molecular flexibility index (Phi) is 6.17.